The Morgan fingerprint density at radius 3 is 2.71 bits per heavy atom. The lowest BCUT2D eigenvalue weighted by molar-refractivity contribution is -0.128. The Morgan fingerprint density at radius 2 is 2.57 bits per heavy atom. The second kappa shape index (κ2) is 3.42. The first-order chi connectivity index (χ1) is 3.27. The number of carboxylic acids is 1. The fraction of sp³-hybridized carbons (Fsp3) is 0. The van der Waals surface area contributed by atoms with Crippen LogP contribution in [-0.4, -0.2) is 17.3 Å². The first kappa shape index (κ1) is 6.23. The molecule has 0 aliphatic carbocycles. The second-order valence-corrected chi connectivity index (χ2v) is 0.780. The maximum absolute atomic E-state index is 9.47. The molecule has 0 fully saturated rings. The highest BCUT2D eigenvalue weighted by Gasteiger charge is 1.82. The van der Waals surface area contributed by atoms with Gasteiger partial charge in [-0.1, -0.05) is 5.16 Å². The molecule has 7 heavy (non-hydrogen) atoms. The Morgan fingerprint density at radius 1 is 2.00 bits per heavy atom. The summed E-state index contributed by atoms with van der Waals surface area (Å²) in [6.07, 6.45) is 0.535. The van der Waals surface area contributed by atoms with Gasteiger partial charge in [0.05, 0.1) is 0 Å². The van der Waals surface area contributed by atoms with Gasteiger partial charge in [-0.25, -0.2) is 4.79 Å². The quantitative estimate of drug-likeness (QED) is 0.422. The molecule has 0 atom stereocenters. The highest BCUT2D eigenvalue weighted by molar-refractivity contribution is 6.22. The number of halogens is 1. The van der Waals surface area contributed by atoms with E-state index in [1.54, 1.807) is 0 Å². The monoisotopic (exact) mass is 123 g/mol. The minimum Gasteiger partial charge on any atom is -0.477 e. The van der Waals surface area contributed by atoms with Crippen LogP contribution in [0.25, 0.3) is 0 Å². The van der Waals surface area contributed by atoms with Crippen molar-refractivity contribution in [3.05, 3.63) is 0 Å². The number of aliphatic carboxylic acids is 1. The van der Waals surface area contributed by atoms with Gasteiger partial charge in [0.25, 0.3) is 0 Å². The highest BCUT2D eigenvalue weighted by Crippen LogP contribution is 1.75. The van der Waals surface area contributed by atoms with Gasteiger partial charge in [0, 0.05) is 0 Å². The summed E-state index contributed by atoms with van der Waals surface area (Å²) in [5.74, 6) is -1.19. The first-order valence-corrected chi connectivity index (χ1v) is 1.62. The Hall–Kier alpha value is -0.770. The first-order valence-electron chi connectivity index (χ1n) is 1.31. The van der Waals surface area contributed by atoms with Gasteiger partial charge in [-0.15, -0.1) is 0 Å². The number of carboxylic acid groups (broad SMARTS) is 1. The van der Waals surface area contributed by atoms with Crippen molar-refractivity contribution in [3.63, 3.8) is 0 Å². The van der Waals surface area contributed by atoms with Crippen LogP contribution in [0, 0.1) is 0 Å². The number of hydrogen-bond acceptors (Lipinski definition) is 3. The maximum atomic E-state index is 9.47. The predicted molar refractivity (Wildman–Crippen MR) is 23.1 cm³/mol. The van der Waals surface area contributed by atoms with Crippen LogP contribution in [0.1, 0.15) is 0 Å². The zero-order valence-electron chi connectivity index (χ0n) is 3.17. The Kier molecular flexibility index (Phi) is 3.04. The largest absolute Gasteiger partial charge is 0.477 e. The van der Waals surface area contributed by atoms with Gasteiger partial charge in [-0.05, 0) is 0 Å². The molecule has 5 heteroatoms. The summed E-state index contributed by atoms with van der Waals surface area (Å²) in [5.41, 5.74) is 0. The SMILES string of the molecule is O=C(O)C=NOCl. The summed E-state index contributed by atoms with van der Waals surface area (Å²) in [5, 5.41) is 10.5. The molecule has 0 radical (unpaired) electrons. The fourth-order valence-corrected chi connectivity index (χ4v) is 0.105. The van der Waals surface area contributed by atoms with Crippen LogP contribution in [0.2, 0.25) is 0 Å². The molecule has 1 N–H and O–H groups in total. The molecule has 0 aliphatic heterocycles. The molecule has 0 aliphatic rings. The lowest BCUT2D eigenvalue weighted by atomic mass is 10.8. The molecule has 0 saturated heterocycles. The van der Waals surface area contributed by atoms with Gasteiger partial charge >= 0.3 is 5.97 Å². The lowest BCUT2D eigenvalue weighted by Gasteiger charge is -1.73. The van der Waals surface area contributed by atoms with Gasteiger partial charge < -0.3 is 5.11 Å². The predicted octanol–water partition coefficient (Wildman–Crippen LogP) is 0.227. The minimum atomic E-state index is -1.19. The summed E-state index contributed by atoms with van der Waals surface area (Å²) >= 11 is 4.48. The molecule has 0 aromatic rings. The van der Waals surface area contributed by atoms with E-state index in [0.29, 0.717) is 6.21 Å². The van der Waals surface area contributed by atoms with E-state index < -0.39 is 5.97 Å². The summed E-state index contributed by atoms with van der Waals surface area (Å²) < 4.78 is 3.51. The number of oxime groups is 1. The van der Waals surface area contributed by atoms with Crippen LogP contribution in [0.5, 0.6) is 0 Å². The topological polar surface area (TPSA) is 58.9 Å². The van der Waals surface area contributed by atoms with Crippen LogP contribution >= 0.6 is 11.9 Å². The van der Waals surface area contributed by atoms with Crippen LogP contribution < -0.4 is 0 Å². The van der Waals surface area contributed by atoms with Crippen molar-refractivity contribution in [3.8, 4) is 0 Å². The molecule has 4 nitrogen and oxygen atoms in total. The normalized spacial score (nSPS) is 9.29. The minimum absolute atomic E-state index is 0.535. The summed E-state index contributed by atoms with van der Waals surface area (Å²) in [7, 11) is 0. The van der Waals surface area contributed by atoms with E-state index in [4.69, 9.17) is 5.11 Å². The van der Waals surface area contributed by atoms with E-state index in [9.17, 15) is 4.79 Å². The molecule has 0 aromatic heterocycles. The number of rotatable bonds is 2. The van der Waals surface area contributed by atoms with E-state index in [1.165, 1.54) is 0 Å². The lowest BCUT2D eigenvalue weighted by Crippen LogP contribution is -1.93. The van der Waals surface area contributed by atoms with Crippen LogP contribution in [0.15, 0.2) is 5.16 Å². The molecule has 0 amide bonds. The molecule has 0 aromatic carbocycles. The number of hydrogen-bond donors (Lipinski definition) is 1. The average Bonchev–Trinajstić information content (AvgIpc) is 1.61. The molecule has 0 heterocycles. The zero-order valence-corrected chi connectivity index (χ0v) is 3.92. The van der Waals surface area contributed by atoms with Crippen LogP contribution in [0.4, 0.5) is 0 Å². The zero-order chi connectivity index (χ0) is 5.70. The highest BCUT2D eigenvalue weighted by atomic mass is 35.5. The summed E-state index contributed by atoms with van der Waals surface area (Å²) in [6.45, 7) is 0. The number of carbonyl (C=O) groups is 1. The summed E-state index contributed by atoms with van der Waals surface area (Å²) in [6, 6.07) is 0. The molecule has 0 saturated carbocycles. The third-order valence-corrected chi connectivity index (χ3v) is 0.283. The molecule has 40 valence electrons. The second-order valence-electron chi connectivity index (χ2n) is 0.642. The average molecular weight is 123 g/mol. The van der Waals surface area contributed by atoms with E-state index in [1.807, 2.05) is 0 Å². The molecule has 0 rings (SSSR count). The molecule has 0 unspecified atom stereocenters. The van der Waals surface area contributed by atoms with Crippen LogP contribution in [-0.2, 0) is 9.18 Å². The van der Waals surface area contributed by atoms with E-state index >= 15 is 0 Å². The van der Waals surface area contributed by atoms with Gasteiger partial charge in [-0.3, -0.25) is 4.39 Å². The van der Waals surface area contributed by atoms with Crippen molar-refractivity contribution >= 4 is 24.0 Å². The Labute approximate surface area is 44.5 Å². The van der Waals surface area contributed by atoms with Gasteiger partial charge in [0.1, 0.15) is 0 Å². The van der Waals surface area contributed by atoms with Gasteiger partial charge in [0.15, 0.2) is 18.1 Å². The maximum Gasteiger partial charge on any atom is 0.350 e. The molecule has 0 spiro atoms. The Bertz CT molecular complexity index is 90.9. The molecular formula is C2H2ClNO3. The molecule has 0 bridgehead atoms. The summed E-state index contributed by atoms with van der Waals surface area (Å²) in [4.78, 5) is 9.47. The van der Waals surface area contributed by atoms with Crippen molar-refractivity contribution in [1.29, 1.82) is 0 Å². The van der Waals surface area contributed by atoms with E-state index in [2.05, 4.69) is 21.4 Å². The van der Waals surface area contributed by atoms with Crippen molar-refractivity contribution in [2.45, 2.75) is 0 Å². The van der Waals surface area contributed by atoms with Crippen molar-refractivity contribution < 1.29 is 14.3 Å². The molecular weight excluding hydrogens is 121 g/mol. The van der Waals surface area contributed by atoms with E-state index in [0.717, 1.165) is 0 Å². The van der Waals surface area contributed by atoms with Crippen molar-refractivity contribution in [1.82, 2.24) is 0 Å². The smallest absolute Gasteiger partial charge is 0.350 e. The third-order valence-electron chi connectivity index (χ3n) is 0.203. The third kappa shape index (κ3) is 5.23. The van der Waals surface area contributed by atoms with E-state index in [-0.39, 0.29) is 0 Å². The van der Waals surface area contributed by atoms with Gasteiger partial charge in [-0.2, -0.15) is 0 Å². The standard InChI is InChI=1S/C2H2ClNO3/c3-7-4-1-2(5)6/h1H,(H,5,6). The Balaban J connectivity index is 3.26. The van der Waals surface area contributed by atoms with Crippen molar-refractivity contribution in [2.75, 3.05) is 0 Å². The fourth-order valence-electron chi connectivity index (χ4n) is 0.0650. The van der Waals surface area contributed by atoms with Gasteiger partial charge in [0.2, 0.25) is 0 Å². The number of nitrogens with zero attached hydrogens (tertiary/aromatic N) is 1. The van der Waals surface area contributed by atoms with Crippen LogP contribution in [0.3, 0.4) is 0 Å². The van der Waals surface area contributed by atoms with Crippen molar-refractivity contribution in [2.24, 2.45) is 5.16 Å².